The molecule has 0 aliphatic heterocycles. The molecule has 22 heavy (non-hydrogen) atoms. The number of nitrogens with one attached hydrogen (secondary N) is 1. The average Bonchev–Trinajstić information content (AvgIpc) is 2.56. The number of likely N-dealkylation sites (N-methyl/N-ethyl adjacent to an activating group) is 1. The molecular weight excluding hydrogens is 282 g/mol. The Labute approximate surface area is 132 Å². The predicted molar refractivity (Wildman–Crippen MR) is 87.1 cm³/mol. The van der Waals surface area contributed by atoms with Gasteiger partial charge in [-0.1, -0.05) is 37.2 Å². The first-order chi connectivity index (χ1) is 10.7. The zero-order valence-corrected chi connectivity index (χ0v) is 13.5. The molecule has 6 heteroatoms. The van der Waals surface area contributed by atoms with Gasteiger partial charge in [-0.3, -0.25) is 4.79 Å². The van der Waals surface area contributed by atoms with Gasteiger partial charge in [0.05, 0.1) is 7.11 Å². The van der Waals surface area contributed by atoms with Crippen LogP contribution in [0, 0.1) is 0 Å². The van der Waals surface area contributed by atoms with Crippen LogP contribution in [-0.2, 0) is 16.2 Å². The minimum Gasteiger partial charge on any atom is -0.496 e. The second-order valence-electron chi connectivity index (χ2n) is 4.64. The molecule has 0 unspecified atom stereocenters. The Morgan fingerprint density at radius 1 is 1.32 bits per heavy atom. The van der Waals surface area contributed by atoms with Crippen LogP contribution in [0.1, 0.15) is 19.4 Å². The van der Waals surface area contributed by atoms with E-state index in [0.29, 0.717) is 6.54 Å². The molecule has 1 aromatic carbocycles. The molecule has 0 aliphatic rings. The van der Waals surface area contributed by atoms with Crippen molar-refractivity contribution in [1.29, 1.82) is 0 Å². The minimum absolute atomic E-state index is 0.257. The summed E-state index contributed by atoms with van der Waals surface area (Å²) in [4.78, 5) is 18.9. The maximum atomic E-state index is 11.6. The Balaban J connectivity index is 2.26. The van der Waals surface area contributed by atoms with Crippen LogP contribution in [0.5, 0.6) is 5.75 Å². The second-order valence-corrected chi connectivity index (χ2v) is 4.64. The second kappa shape index (κ2) is 10.6. The van der Waals surface area contributed by atoms with E-state index in [1.54, 1.807) is 7.11 Å². The number of oxime groups is 1. The van der Waals surface area contributed by atoms with E-state index in [1.807, 2.05) is 24.3 Å². The number of benzene rings is 1. The van der Waals surface area contributed by atoms with Gasteiger partial charge < -0.3 is 19.8 Å². The SMILES string of the molecule is CCN(CC)CCNC(=O)/C=N/OCc1ccccc1OC. The van der Waals surface area contributed by atoms with Crippen molar-refractivity contribution in [2.45, 2.75) is 20.5 Å². The predicted octanol–water partition coefficient (Wildman–Crippen LogP) is 1.66. The highest BCUT2D eigenvalue weighted by Crippen LogP contribution is 2.17. The van der Waals surface area contributed by atoms with Crippen LogP contribution in [0.2, 0.25) is 0 Å². The number of rotatable bonds is 10. The van der Waals surface area contributed by atoms with Crippen LogP contribution in [0.15, 0.2) is 29.4 Å². The highest BCUT2D eigenvalue weighted by Gasteiger charge is 2.02. The largest absolute Gasteiger partial charge is 0.496 e. The standard InChI is InChI=1S/C16H25N3O3/c1-4-19(5-2)11-10-17-16(20)12-18-22-13-14-8-6-7-9-15(14)21-3/h6-9,12H,4-5,10-11,13H2,1-3H3,(H,17,20)/b18-12+. The van der Waals surface area contributed by atoms with E-state index in [1.165, 1.54) is 0 Å². The number of ether oxygens (including phenoxy) is 1. The van der Waals surface area contributed by atoms with Gasteiger partial charge in [0.15, 0.2) is 0 Å². The summed E-state index contributed by atoms with van der Waals surface area (Å²) < 4.78 is 5.20. The minimum atomic E-state index is -0.257. The van der Waals surface area contributed by atoms with E-state index in [4.69, 9.17) is 9.57 Å². The van der Waals surface area contributed by atoms with Crippen LogP contribution >= 0.6 is 0 Å². The smallest absolute Gasteiger partial charge is 0.265 e. The van der Waals surface area contributed by atoms with Crippen LogP contribution < -0.4 is 10.1 Å². The number of para-hydroxylation sites is 1. The van der Waals surface area contributed by atoms with Crippen molar-refractivity contribution >= 4 is 12.1 Å². The van der Waals surface area contributed by atoms with Crippen molar-refractivity contribution in [1.82, 2.24) is 10.2 Å². The van der Waals surface area contributed by atoms with Crippen molar-refractivity contribution in [3.05, 3.63) is 29.8 Å². The molecule has 0 heterocycles. The highest BCUT2D eigenvalue weighted by molar-refractivity contribution is 6.26. The van der Waals surface area contributed by atoms with E-state index in [2.05, 4.69) is 29.2 Å². The van der Waals surface area contributed by atoms with Gasteiger partial charge in [-0.15, -0.1) is 0 Å². The van der Waals surface area contributed by atoms with Crippen molar-refractivity contribution in [3.63, 3.8) is 0 Å². The number of amides is 1. The van der Waals surface area contributed by atoms with Gasteiger partial charge in [0.25, 0.3) is 5.91 Å². The normalized spacial score (nSPS) is 10.9. The third kappa shape index (κ3) is 6.58. The Kier molecular flexibility index (Phi) is 8.67. The molecule has 0 saturated carbocycles. The molecule has 0 atom stereocenters. The van der Waals surface area contributed by atoms with Crippen LogP contribution in [-0.4, -0.2) is 50.3 Å². The summed E-state index contributed by atoms with van der Waals surface area (Å²) >= 11 is 0. The summed E-state index contributed by atoms with van der Waals surface area (Å²) in [6.07, 6.45) is 1.15. The summed E-state index contributed by atoms with van der Waals surface area (Å²) in [7, 11) is 1.60. The zero-order valence-electron chi connectivity index (χ0n) is 13.5. The third-order valence-electron chi connectivity index (χ3n) is 3.28. The summed E-state index contributed by atoms with van der Waals surface area (Å²) in [5.41, 5.74) is 0.879. The lowest BCUT2D eigenvalue weighted by atomic mass is 10.2. The van der Waals surface area contributed by atoms with Crippen LogP contribution in [0.3, 0.4) is 0 Å². The average molecular weight is 307 g/mol. The van der Waals surface area contributed by atoms with Gasteiger partial charge >= 0.3 is 0 Å². The molecule has 0 saturated heterocycles. The number of carbonyl (C=O) groups is 1. The van der Waals surface area contributed by atoms with Crippen LogP contribution in [0.25, 0.3) is 0 Å². The Morgan fingerprint density at radius 3 is 2.73 bits per heavy atom. The summed E-state index contributed by atoms with van der Waals surface area (Å²) in [6, 6.07) is 7.51. The van der Waals surface area contributed by atoms with Crippen molar-refractivity contribution in [2.24, 2.45) is 5.16 Å². The first-order valence-corrected chi connectivity index (χ1v) is 7.48. The fourth-order valence-corrected chi connectivity index (χ4v) is 1.94. The molecule has 122 valence electrons. The first-order valence-electron chi connectivity index (χ1n) is 7.48. The third-order valence-corrected chi connectivity index (χ3v) is 3.28. The van der Waals surface area contributed by atoms with Gasteiger partial charge in [-0.25, -0.2) is 0 Å². The molecule has 0 bridgehead atoms. The number of nitrogens with zero attached hydrogens (tertiary/aromatic N) is 2. The molecule has 0 aromatic heterocycles. The summed E-state index contributed by atoms with van der Waals surface area (Å²) in [5, 5.41) is 6.44. The fourth-order valence-electron chi connectivity index (χ4n) is 1.94. The van der Waals surface area contributed by atoms with Gasteiger partial charge in [0.2, 0.25) is 0 Å². The van der Waals surface area contributed by atoms with Crippen molar-refractivity contribution in [2.75, 3.05) is 33.3 Å². The van der Waals surface area contributed by atoms with E-state index >= 15 is 0 Å². The molecule has 1 amide bonds. The Bertz CT molecular complexity index is 473. The van der Waals surface area contributed by atoms with E-state index in [-0.39, 0.29) is 12.5 Å². The molecule has 6 nitrogen and oxygen atoms in total. The van der Waals surface area contributed by atoms with Gasteiger partial charge in [0.1, 0.15) is 18.6 Å². The first kappa shape index (κ1) is 18.0. The number of carbonyl (C=O) groups excluding carboxylic acids is 1. The number of hydrogen-bond acceptors (Lipinski definition) is 5. The molecule has 0 fully saturated rings. The molecule has 1 rings (SSSR count). The lowest BCUT2D eigenvalue weighted by molar-refractivity contribution is -0.114. The lowest BCUT2D eigenvalue weighted by Gasteiger charge is -2.17. The van der Waals surface area contributed by atoms with Crippen molar-refractivity contribution in [3.8, 4) is 5.75 Å². The molecule has 0 aliphatic carbocycles. The maximum absolute atomic E-state index is 11.6. The summed E-state index contributed by atoms with van der Waals surface area (Å²) in [5.74, 6) is 0.480. The molecule has 1 N–H and O–H groups in total. The van der Waals surface area contributed by atoms with Crippen LogP contribution in [0.4, 0.5) is 0 Å². The number of methoxy groups -OCH3 is 1. The van der Waals surface area contributed by atoms with Gasteiger partial charge in [-0.2, -0.15) is 0 Å². The van der Waals surface area contributed by atoms with Gasteiger partial charge in [0, 0.05) is 18.7 Å². The van der Waals surface area contributed by atoms with E-state index < -0.39 is 0 Å². The number of hydrogen-bond donors (Lipinski definition) is 1. The van der Waals surface area contributed by atoms with Gasteiger partial charge in [-0.05, 0) is 19.2 Å². The fraction of sp³-hybridized carbons (Fsp3) is 0.500. The topological polar surface area (TPSA) is 63.2 Å². The monoisotopic (exact) mass is 307 g/mol. The highest BCUT2D eigenvalue weighted by atomic mass is 16.6. The zero-order chi connectivity index (χ0) is 16.2. The molecule has 0 radical (unpaired) electrons. The lowest BCUT2D eigenvalue weighted by Crippen LogP contribution is -2.35. The maximum Gasteiger partial charge on any atom is 0.265 e. The molecule has 1 aromatic rings. The quantitative estimate of drug-likeness (QED) is 0.527. The van der Waals surface area contributed by atoms with E-state index in [9.17, 15) is 4.79 Å². The molecular formula is C16H25N3O3. The summed E-state index contributed by atoms with van der Waals surface area (Å²) in [6.45, 7) is 7.82. The van der Waals surface area contributed by atoms with Crippen molar-refractivity contribution < 1.29 is 14.4 Å². The molecule has 0 spiro atoms. The van der Waals surface area contributed by atoms with E-state index in [0.717, 1.165) is 37.2 Å². The Hall–Kier alpha value is -2.08. The Morgan fingerprint density at radius 2 is 2.05 bits per heavy atom.